The molecule has 2 heterocycles. The normalized spacial score (nSPS) is 12.5. The molecule has 22 heavy (non-hydrogen) atoms. The minimum Gasteiger partial charge on any atom is -0.338 e. The molecule has 0 radical (unpaired) electrons. The molecule has 0 aliphatic heterocycles. The molecular weight excluding hydrogens is 296 g/mol. The summed E-state index contributed by atoms with van der Waals surface area (Å²) in [6.07, 6.45) is 4.56. The van der Waals surface area contributed by atoms with Crippen LogP contribution in [0.3, 0.4) is 0 Å². The molecule has 0 saturated carbocycles. The van der Waals surface area contributed by atoms with E-state index in [1.54, 1.807) is 11.8 Å². The second-order valence-corrected chi connectivity index (χ2v) is 6.34. The van der Waals surface area contributed by atoms with Gasteiger partial charge in [-0.1, -0.05) is 42.0 Å². The molecule has 1 atom stereocenters. The van der Waals surface area contributed by atoms with E-state index in [0.29, 0.717) is 5.89 Å². The van der Waals surface area contributed by atoms with E-state index in [2.05, 4.69) is 45.7 Å². The molecule has 0 amide bonds. The predicted octanol–water partition coefficient (Wildman–Crippen LogP) is 3.98. The van der Waals surface area contributed by atoms with Crippen LogP contribution in [0.25, 0.3) is 5.69 Å². The third-order valence-electron chi connectivity index (χ3n) is 3.41. The molecule has 1 unspecified atom stereocenters. The Kier molecular flexibility index (Phi) is 4.29. The van der Waals surface area contributed by atoms with Crippen LogP contribution in [0.4, 0.5) is 0 Å². The lowest BCUT2D eigenvalue weighted by molar-refractivity contribution is 0.375. The third kappa shape index (κ3) is 2.92. The van der Waals surface area contributed by atoms with Crippen LogP contribution in [0.15, 0.2) is 46.3 Å². The van der Waals surface area contributed by atoms with Crippen LogP contribution in [-0.2, 0) is 6.42 Å². The van der Waals surface area contributed by atoms with E-state index in [4.69, 9.17) is 4.52 Å². The summed E-state index contributed by atoms with van der Waals surface area (Å²) in [6.45, 7) is 6.16. The van der Waals surface area contributed by atoms with Gasteiger partial charge in [0.2, 0.25) is 5.89 Å². The van der Waals surface area contributed by atoms with Gasteiger partial charge in [0.1, 0.15) is 0 Å². The summed E-state index contributed by atoms with van der Waals surface area (Å²) in [5.74, 6) is 1.38. The summed E-state index contributed by atoms with van der Waals surface area (Å²) in [4.78, 5) is 8.86. The standard InChI is InChI=1S/C16H18N4OS/c1-4-14-18-15(21-19-14)12(3)22-16-17-9-10-20(16)13-8-6-5-7-11(13)2/h5-10,12H,4H2,1-3H3. The Morgan fingerprint density at radius 3 is 2.86 bits per heavy atom. The Hall–Kier alpha value is -2.08. The van der Waals surface area contributed by atoms with Crippen molar-refractivity contribution in [2.45, 2.75) is 37.6 Å². The molecule has 0 bridgehead atoms. The zero-order chi connectivity index (χ0) is 15.5. The highest BCUT2D eigenvalue weighted by atomic mass is 32.2. The van der Waals surface area contributed by atoms with Crippen molar-refractivity contribution < 1.29 is 4.52 Å². The maximum absolute atomic E-state index is 5.32. The second kappa shape index (κ2) is 6.36. The monoisotopic (exact) mass is 314 g/mol. The molecular formula is C16H18N4OS. The predicted molar refractivity (Wildman–Crippen MR) is 86.2 cm³/mol. The van der Waals surface area contributed by atoms with Gasteiger partial charge >= 0.3 is 0 Å². The van der Waals surface area contributed by atoms with E-state index in [1.165, 1.54) is 5.56 Å². The van der Waals surface area contributed by atoms with E-state index in [-0.39, 0.29) is 5.25 Å². The average molecular weight is 314 g/mol. The summed E-state index contributed by atoms with van der Waals surface area (Å²) in [6, 6.07) is 8.26. The quantitative estimate of drug-likeness (QED) is 0.667. The minimum atomic E-state index is 0.0537. The van der Waals surface area contributed by atoms with Crippen LogP contribution in [0.1, 0.15) is 36.4 Å². The van der Waals surface area contributed by atoms with Crippen LogP contribution in [0, 0.1) is 6.92 Å². The average Bonchev–Trinajstić information content (AvgIpc) is 3.16. The highest BCUT2D eigenvalue weighted by molar-refractivity contribution is 7.99. The number of thioether (sulfide) groups is 1. The first-order chi connectivity index (χ1) is 10.7. The van der Waals surface area contributed by atoms with Crippen LogP contribution >= 0.6 is 11.8 Å². The van der Waals surface area contributed by atoms with Gasteiger partial charge in [-0.05, 0) is 25.5 Å². The molecule has 114 valence electrons. The van der Waals surface area contributed by atoms with Gasteiger partial charge in [-0.25, -0.2) is 4.98 Å². The number of hydrogen-bond donors (Lipinski definition) is 0. The molecule has 5 nitrogen and oxygen atoms in total. The SMILES string of the molecule is CCc1noc(C(C)Sc2nccn2-c2ccccc2C)n1. The van der Waals surface area contributed by atoms with Crippen molar-refractivity contribution in [3.05, 3.63) is 53.9 Å². The van der Waals surface area contributed by atoms with E-state index >= 15 is 0 Å². The Morgan fingerprint density at radius 1 is 1.32 bits per heavy atom. The zero-order valence-corrected chi connectivity index (χ0v) is 13.7. The molecule has 3 rings (SSSR count). The number of imidazole rings is 1. The summed E-state index contributed by atoms with van der Waals surface area (Å²) in [5, 5.41) is 4.92. The Morgan fingerprint density at radius 2 is 2.14 bits per heavy atom. The van der Waals surface area contributed by atoms with Crippen molar-refractivity contribution in [2.24, 2.45) is 0 Å². The fourth-order valence-corrected chi connectivity index (χ4v) is 3.09. The van der Waals surface area contributed by atoms with Crippen molar-refractivity contribution in [1.82, 2.24) is 19.7 Å². The molecule has 0 fully saturated rings. The number of nitrogens with zero attached hydrogens (tertiary/aromatic N) is 4. The van der Waals surface area contributed by atoms with Gasteiger partial charge in [-0.3, -0.25) is 4.57 Å². The van der Waals surface area contributed by atoms with Crippen molar-refractivity contribution >= 4 is 11.8 Å². The minimum absolute atomic E-state index is 0.0537. The fourth-order valence-electron chi connectivity index (χ4n) is 2.18. The Balaban J connectivity index is 1.85. The molecule has 3 aromatic rings. The lowest BCUT2D eigenvalue weighted by Gasteiger charge is -2.11. The molecule has 0 aliphatic carbocycles. The maximum Gasteiger partial charge on any atom is 0.239 e. The molecule has 2 aromatic heterocycles. The number of benzene rings is 1. The van der Waals surface area contributed by atoms with Crippen molar-refractivity contribution in [2.75, 3.05) is 0 Å². The highest BCUT2D eigenvalue weighted by Gasteiger charge is 2.18. The van der Waals surface area contributed by atoms with Crippen molar-refractivity contribution in [3.63, 3.8) is 0 Å². The van der Waals surface area contributed by atoms with Crippen LogP contribution in [0.5, 0.6) is 0 Å². The number of aryl methyl sites for hydroxylation is 2. The smallest absolute Gasteiger partial charge is 0.239 e. The van der Waals surface area contributed by atoms with Gasteiger partial charge in [0.15, 0.2) is 11.0 Å². The van der Waals surface area contributed by atoms with Crippen molar-refractivity contribution in [1.29, 1.82) is 0 Å². The van der Waals surface area contributed by atoms with Crippen LogP contribution in [0.2, 0.25) is 0 Å². The topological polar surface area (TPSA) is 56.7 Å². The zero-order valence-electron chi connectivity index (χ0n) is 12.9. The van der Waals surface area contributed by atoms with E-state index in [0.717, 1.165) is 23.1 Å². The lowest BCUT2D eigenvalue weighted by atomic mass is 10.2. The highest BCUT2D eigenvalue weighted by Crippen LogP contribution is 2.34. The molecule has 0 aliphatic rings. The van der Waals surface area contributed by atoms with Crippen LogP contribution < -0.4 is 0 Å². The number of hydrogen-bond acceptors (Lipinski definition) is 5. The van der Waals surface area contributed by atoms with E-state index < -0.39 is 0 Å². The Bertz CT molecular complexity index is 765. The van der Waals surface area contributed by atoms with Gasteiger partial charge in [-0.15, -0.1) is 0 Å². The fraction of sp³-hybridized carbons (Fsp3) is 0.312. The molecule has 0 spiro atoms. The Labute approximate surface area is 133 Å². The first-order valence-electron chi connectivity index (χ1n) is 7.27. The number of para-hydroxylation sites is 1. The number of rotatable bonds is 5. The molecule has 0 saturated heterocycles. The van der Waals surface area contributed by atoms with Gasteiger partial charge in [0.05, 0.1) is 10.9 Å². The van der Waals surface area contributed by atoms with E-state index in [1.807, 2.05) is 31.5 Å². The maximum atomic E-state index is 5.32. The van der Waals surface area contributed by atoms with Crippen LogP contribution in [-0.4, -0.2) is 19.7 Å². The van der Waals surface area contributed by atoms with E-state index in [9.17, 15) is 0 Å². The summed E-state index contributed by atoms with van der Waals surface area (Å²) >= 11 is 1.61. The molecule has 6 heteroatoms. The molecule has 1 aromatic carbocycles. The van der Waals surface area contributed by atoms with Crippen molar-refractivity contribution in [3.8, 4) is 5.69 Å². The lowest BCUT2D eigenvalue weighted by Crippen LogP contribution is -1.99. The first kappa shape index (κ1) is 14.8. The second-order valence-electron chi connectivity index (χ2n) is 5.03. The summed E-state index contributed by atoms with van der Waals surface area (Å²) in [5.41, 5.74) is 2.34. The third-order valence-corrected chi connectivity index (χ3v) is 4.48. The van der Waals surface area contributed by atoms with Gasteiger partial charge < -0.3 is 4.52 Å². The first-order valence-corrected chi connectivity index (χ1v) is 8.15. The number of aromatic nitrogens is 4. The van der Waals surface area contributed by atoms with Gasteiger partial charge in [-0.2, -0.15) is 4.98 Å². The largest absolute Gasteiger partial charge is 0.338 e. The van der Waals surface area contributed by atoms with Gasteiger partial charge in [0, 0.05) is 18.8 Å². The summed E-state index contributed by atoms with van der Waals surface area (Å²) in [7, 11) is 0. The molecule has 0 N–H and O–H groups in total. The van der Waals surface area contributed by atoms with Gasteiger partial charge in [0.25, 0.3) is 0 Å². The summed E-state index contributed by atoms with van der Waals surface area (Å²) < 4.78 is 7.41.